The Morgan fingerprint density at radius 2 is 1.40 bits per heavy atom. The van der Waals surface area contributed by atoms with Gasteiger partial charge >= 0.3 is 0 Å². The number of nitrogens with one attached hydrogen (secondary N) is 4. The summed E-state index contributed by atoms with van der Waals surface area (Å²) in [4.78, 5) is 0. The average Bonchev–Trinajstić information content (AvgIpc) is 1.81. The van der Waals surface area contributed by atoms with Crippen molar-refractivity contribution >= 4 is 37.9 Å². The smallest absolute Gasteiger partial charge is 0.182 e. The maximum Gasteiger partial charge on any atom is 0.182 e. The summed E-state index contributed by atoms with van der Waals surface area (Å²) in [7, 11) is -1.49. The van der Waals surface area contributed by atoms with Crippen molar-refractivity contribution in [1.29, 1.82) is 0 Å². The molecule has 4 N–H and O–H groups in total. The van der Waals surface area contributed by atoms with Gasteiger partial charge in [0.2, 0.25) is 0 Å². The van der Waals surface area contributed by atoms with Crippen LogP contribution in [0.1, 0.15) is 0 Å². The van der Waals surface area contributed by atoms with Crippen LogP contribution < -0.4 is 18.6 Å². The Labute approximate surface area is 70.0 Å². The fourth-order valence-corrected chi connectivity index (χ4v) is 12.6. The van der Waals surface area contributed by atoms with Crippen LogP contribution in [0.25, 0.3) is 0 Å². The van der Waals surface area contributed by atoms with Crippen LogP contribution in [0.4, 0.5) is 0 Å². The van der Waals surface area contributed by atoms with Crippen molar-refractivity contribution < 1.29 is 0 Å². The van der Waals surface area contributed by atoms with E-state index in [9.17, 15) is 0 Å². The zero-order chi connectivity index (χ0) is 7.45. The zero-order valence-electron chi connectivity index (χ0n) is 6.62. The molecule has 0 atom stereocenters. The molecule has 0 amide bonds. The zero-order valence-corrected chi connectivity index (χ0v) is 11.9. The van der Waals surface area contributed by atoms with E-state index in [0.29, 0.717) is 0 Å². The first-order valence-electron chi connectivity index (χ1n) is 3.62. The molecule has 1 aliphatic rings. The molecule has 0 aliphatic carbocycles. The van der Waals surface area contributed by atoms with E-state index in [1.807, 2.05) is 0 Å². The minimum Gasteiger partial charge on any atom is -0.346 e. The minimum absolute atomic E-state index is 0.0764. The molecule has 1 fully saturated rings. The standard InChI is InChI=1S/C2H16N4Si4/c1-10(2)5-8-3-7-4-9-6-10/h3-6H,7-9H2,1-2H3. The largest absolute Gasteiger partial charge is 0.346 e. The average molecular weight is 209 g/mol. The Kier molecular flexibility index (Phi) is 3.45. The molecule has 1 heterocycles. The summed E-state index contributed by atoms with van der Waals surface area (Å²) in [6, 6.07) is 0. The van der Waals surface area contributed by atoms with Crippen LogP contribution >= 0.6 is 0 Å². The lowest BCUT2D eigenvalue weighted by molar-refractivity contribution is 1.19. The highest BCUT2D eigenvalue weighted by atomic mass is 28.4. The predicted octanol–water partition coefficient (Wildman–Crippen LogP) is -3.94. The Morgan fingerprint density at radius 3 is 1.90 bits per heavy atom. The number of hydrogen-bond acceptors (Lipinski definition) is 4. The summed E-state index contributed by atoms with van der Waals surface area (Å²) < 4.78 is 14.3. The molecule has 0 bridgehead atoms. The normalized spacial score (nSPS) is 34.2. The Morgan fingerprint density at radius 1 is 0.900 bits per heavy atom. The molecular weight excluding hydrogens is 192 g/mol. The van der Waals surface area contributed by atoms with Crippen molar-refractivity contribution in [3.05, 3.63) is 0 Å². The fraction of sp³-hybridized carbons (Fsp3) is 1.00. The molecule has 1 aliphatic heterocycles. The second-order valence-corrected chi connectivity index (χ2v) is 14.1. The lowest BCUT2D eigenvalue weighted by Gasteiger charge is -2.27. The molecule has 1 rings (SSSR count). The monoisotopic (exact) mass is 208 g/mol. The molecule has 0 radical (unpaired) electrons. The van der Waals surface area contributed by atoms with E-state index < -0.39 is 8.40 Å². The summed E-state index contributed by atoms with van der Waals surface area (Å²) in [6.45, 7) is 4.67. The number of rotatable bonds is 0. The van der Waals surface area contributed by atoms with Crippen LogP contribution in [0.15, 0.2) is 0 Å². The van der Waals surface area contributed by atoms with Gasteiger partial charge in [-0.2, -0.15) is 0 Å². The van der Waals surface area contributed by atoms with Crippen molar-refractivity contribution in [3.63, 3.8) is 0 Å². The molecular formula is C2H16N4Si4. The van der Waals surface area contributed by atoms with Crippen molar-refractivity contribution in [2.24, 2.45) is 0 Å². The molecule has 0 aromatic carbocycles. The van der Waals surface area contributed by atoms with E-state index in [4.69, 9.17) is 0 Å². The topological polar surface area (TPSA) is 48.1 Å². The predicted molar refractivity (Wildman–Crippen MR) is 55.7 cm³/mol. The first kappa shape index (κ1) is 8.80. The molecule has 0 unspecified atom stereocenters. The van der Waals surface area contributed by atoms with Gasteiger partial charge in [-0.25, -0.2) is 0 Å². The van der Waals surface area contributed by atoms with Crippen LogP contribution in [0.5, 0.6) is 0 Å². The van der Waals surface area contributed by atoms with Crippen LogP contribution in [0.3, 0.4) is 0 Å². The summed E-state index contributed by atoms with van der Waals surface area (Å²) in [5.41, 5.74) is 0. The van der Waals surface area contributed by atoms with E-state index in [1.54, 1.807) is 0 Å². The van der Waals surface area contributed by atoms with Crippen molar-refractivity contribution in [1.82, 2.24) is 18.6 Å². The van der Waals surface area contributed by atoms with E-state index in [0.717, 1.165) is 0 Å². The maximum atomic E-state index is 3.65. The molecule has 0 aromatic rings. The second kappa shape index (κ2) is 3.92. The number of hydrogen-bond donors (Lipinski definition) is 4. The van der Waals surface area contributed by atoms with E-state index in [2.05, 4.69) is 31.7 Å². The second-order valence-electron chi connectivity index (χ2n) is 3.01. The first-order chi connectivity index (χ1) is 4.71. The lowest BCUT2D eigenvalue weighted by atomic mass is 11.9. The SMILES string of the molecule is C[Si]1(C)N[SiH2]N[SiH2]N[SiH2]N1. The highest BCUT2D eigenvalue weighted by molar-refractivity contribution is 6.85. The van der Waals surface area contributed by atoms with Gasteiger partial charge in [0.15, 0.2) is 37.9 Å². The molecule has 0 spiro atoms. The van der Waals surface area contributed by atoms with E-state index in [1.165, 1.54) is 0 Å². The summed E-state index contributed by atoms with van der Waals surface area (Å²) in [6.07, 6.45) is 0. The van der Waals surface area contributed by atoms with Gasteiger partial charge in [-0.3, -0.25) is 0 Å². The third-order valence-corrected chi connectivity index (χ3v) is 14.0. The molecule has 60 valence electrons. The van der Waals surface area contributed by atoms with Gasteiger partial charge in [0, 0.05) is 0 Å². The minimum atomic E-state index is -1.15. The Hall–Kier alpha value is 0.708. The maximum absolute atomic E-state index is 3.65. The van der Waals surface area contributed by atoms with Gasteiger partial charge in [-0.1, -0.05) is 0 Å². The highest BCUT2D eigenvalue weighted by Gasteiger charge is 2.19. The van der Waals surface area contributed by atoms with Gasteiger partial charge in [-0.15, -0.1) is 0 Å². The van der Waals surface area contributed by atoms with Gasteiger partial charge < -0.3 is 18.6 Å². The molecule has 8 heteroatoms. The summed E-state index contributed by atoms with van der Waals surface area (Å²) in [5.74, 6) is 0. The van der Waals surface area contributed by atoms with Crippen LogP contribution in [0.2, 0.25) is 13.1 Å². The van der Waals surface area contributed by atoms with E-state index in [-0.39, 0.29) is 29.5 Å². The fourth-order valence-electron chi connectivity index (χ4n) is 0.843. The van der Waals surface area contributed by atoms with Crippen LogP contribution in [-0.2, 0) is 0 Å². The Balaban J connectivity index is 2.30. The van der Waals surface area contributed by atoms with Gasteiger partial charge in [-0.05, 0) is 13.1 Å². The first-order valence-corrected chi connectivity index (χ1v) is 10.9. The third kappa shape index (κ3) is 3.20. The summed E-state index contributed by atoms with van der Waals surface area (Å²) in [5, 5.41) is 0. The van der Waals surface area contributed by atoms with Gasteiger partial charge in [0.1, 0.15) is 0 Å². The lowest BCUT2D eigenvalue weighted by Crippen LogP contribution is -2.68. The third-order valence-electron chi connectivity index (χ3n) is 1.56. The summed E-state index contributed by atoms with van der Waals surface area (Å²) >= 11 is 0. The highest BCUT2D eigenvalue weighted by Crippen LogP contribution is 1.86. The van der Waals surface area contributed by atoms with Gasteiger partial charge in [0.05, 0.1) is 0 Å². The van der Waals surface area contributed by atoms with E-state index >= 15 is 0 Å². The van der Waals surface area contributed by atoms with Gasteiger partial charge in [0.25, 0.3) is 0 Å². The van der Waals surface area contributed by atoms with Crippen molar-refractivity contribution in [3.8, 4) is 0 Å². The van der Waals surface area contributed by atoms with Crippen molar-refractivity contribution in [2.75, 3.05) is 0 Å². The molecule has 4 nitrogen and oxygen atoms in total. The molecule has 10 heavy (non-hydrogen) atoms. The van der Waals surface area contributed by atoms with Crippen LogP contribution in [-0.4, -0.2) is 37.9 Å². The molecule has 0 saturated carbocycles. The van der Waals surface area contributed by atoms with Crippen LogP contribution in [0, 0.1) is 0 Å². The molecule has 0 aromatic heterocycles. The molecule has 1 saturated heterocycles. The Bertz CT molecular complexity index is 97.4. The van der Waals surface area contributed by atoms with Crippen molar-refractivity contribution in [2.45, 2.75) is 13.1 Å². The quantitative estimate of drug-likeness (QED) is 0.307.